The quantitative estimate of drug-likeness (QED) is 0.518. The molecule has 0 rings (SSSR count). The molecule has 4 heteroatoms. The van der Waals surface area contributed by atoms with Gasteiger partial charge in [0.25, 0.3) is 0 Å². The molecule has 0 aromatic carbocycles. The average molecular weight is 254 g/mol. The van der Waals surface area contributed by atoms with Crippen LogP contribution in [-0.4, -0.2) is 24.6 Å². The largest absolute Gasteiger partial charge is 0.459 e. The highest BCUT2D eigenvalue weighted by Gasteiger charge is 2.22. The summed E-state index contributed by atoms with van der Waals surface area (Å²) in [6.45, 7) is 10.9. The van der Waals surface area contributed by atoms with E-state index in [-0.39, 0.29) is 6.61 Å². The van der Waals surface area contributed by atoms with Gasteiger partial charge in [0.15, 0.2) is 6.10 Å². The molecule has 1 atom stereocenters. The smallest absolute Gasteiger partial charge is 0.347 e. The topological polar surface area (TPSA) is 52.6 Å². The molecule has 4 nitrogen and oxygen atoms in total. The second kappa shape index (κ2) is 8.50. The van der Waals surface area contributed by atoms with Crippen molar-refractivity contribution in [3.63, 3.8) is 0 Å². The molecule has 0 spiro atoms. The minimum atomic E-state index is -0.843. The van der Waals surface area contributed by atoms with Crippen LogP contribution < -0.4 is 0 Å². The highest BCUT2D eigenvalue weighted by molar-refractivity contribution is 5.78. The normalized spacial score (nSPS) is 11.3. The number of esters is 2. The number of carbonyl (C=O) groups is 2. The summed E-state index contributed by atoms with van der Waals surface area (Å²) < 4.78 is 9.97. The van der Waals surface area contributed by atoms with Gasteiger partial charge in [-0.2, -0.15) is 0 Å². The molecule has 0 aromatic rings. The van der Waals surface area contributed by atoms with Crippen LogP contribution in [0.5, 0.6) is 0 Å². The third-order valence-electron chi connectivity index (χ3n) is 2.12. The maximum Gasteiger partial charge on any atom is 0.347 e. The van der Waals surface area contributed by atoms with E-state index in [0.29, 0.717) is 12.8 Å². The second-order valence-corrected chi connectivity index (χ2v) is 4.51. The van der Waals surface area contributed by atoms with Crippen molar-refractivity contribution < 1.29 is 19.1 Å². The first-order valence-corrected chi connectivity index (χ1v) is 5.94. The SMILES string of the molecule is C=C(C)CCC(OC(C)=O)C(=O)OCC=C(C)C. The van der Waals surface area contributed by atoms with Crippen LogP contribution in [0.3, 0.4) is 0 Å². The number of allylic oxidation sites excluding steroid dienone is 2. The summed E-state index contributed by atoms with van der Waals surface area (Å²) in [4.78, 5) is 22.6. The lowest BCUT2D eigenvalue weighted by Gasteiger charge is -2.15. The molecule has 18 heavy (non-hydrogen) atoms. The van der Waals surface area contributed by atoms with Crippen molar-refractivity contribution >= 4 is 11.9 Å². The average Bonchev–Trinajstić information content (AvgIpc) is 2.22. The maximum atomic E-state index is 11.7. The van der Waals surface area contributed by atoms with Crippen molar-refractivity contribution in [1.82, 2.24) is 0 Å². The van der Waals surface area contributed by atoms with Crippen LogP contribution in [0.15, 0.2) is 23.8 Å². The molecule has 0 bridgehead atoms. The summed E-state index contributed by atoms with van der Waals surface area (Å²) in [6.07, 6.45) is 1.98. The highest BCUT2D eigenvalue weighted by atomic mass is 16.6. The van der Waals surface area contributed by atoms with Crippen LogP contribution >= 0.6 is 0 Å². The van der Waals surface area contributed by atoms with E-state index in [1.54, 1.807) is 6.08 Å². The Hall–Kier alpha value is -1.58. The van der Waals surface area contributed by atoms with Crippen LogP contribution in [0.1, 0.15) is 40.5 Å². The first-order valence-electron chi connectivity index (χ1n) is 5.94. The Bertz CT molecular complexity index is 338. The molecule has 0 N–H and O–H groups in total. The van der Waals surface area contributed by atoms with E-state index in [9.17, 15) is 9.59 Å². The summed E-state index contributed by atoms with van der Waals surface area (Å²) in [5, 5.41) is 0. The van der Waals surface area contributed by atoms with Gasteiger partial charge in [-0.05, 0) is 39.7 Å². The van der Waals surface area contributed by atoms with E-state index >= 15 is 0 Å². The Morgan fingerprint density at radius 3 is 2.28 bits per heavy atom. The molecule has 0 heterocycles. The Morgan fingerprint density at radius 1 is 1.22 bits per heavy atom. The Morgan fingerprint density at radius 2 is 1.83 bits per heavy atom. The monoisotopic (exact) mass is 254 g/mol. The van der Waals surface area contributed by atoms with Gasteiger partial charge in [0, 0.05) is 6.92 Å². The summed E-state index contributed by atoms with van der Waals surface area (Å²) >= 11 is 0. The second-order valence-electron chi connectivity index (χ2n) is 4.51. The Kier molecular flexibility index (Phi) is 7.76. The molecule has 0 aliphatic heterocycles. The van der Waals surface area contributed by atoms with E-state index < -0.39 is 18.0 Å². The molecular weight excluding hydrogens is 232 g/mol. The fourth-order valence-corrected chi connectivity index (χ4v) is 1.19. The zero-order chi connectivity index (χ0) is 14.1. The Labute approximate surface area is 109 Å². The summed E-state index contributed by atoms with van der Waals surface area (Å²) in [5.74, 6) is -0.996. The molecule has 0 radical (unpaired) electrons. The van der Waals surface area contributed by atoms with Gasteiger partial charge in [-0.1, -0.05) is 11.1 Å². The molecule has 0 aliphatic rings. The van der Waals surface area contributed by atoms with Crippen molar-refractivity contribution in [3.05, 3.63) is 23.8 Å². The first kappa shape index (κ1) is 16.4. The van der Waals surface area contributed by atoms with Gasteiger partial charge in [-0.3, -0.25) is 4.79 Å². The lowest BCUT2D eigenvalue weighted by atomic mass is 10.1. The van der Waals surface area contributed by atoms with E-state index in [2.05, 4.69) is 6.58 Å². The molecule has 0 saturated carbocycles. The van der Waals surface area contributed by atoms with Gasteiger partial charge in [0.2, 0.25) is 0 Å². The Balaban J connectivity index is 4.34. The van der Waals surface area contributed by atoms with Crippen molar-refractivity contribution in [2.75, 3.05) is 6.61 Å². The number of carbonyl (C=O) groups excluding carboxylic acids is 2. The minimum Gasteiger partial charge on any atom is -0.459 e. The van der Waals surface area contributed by atoms with Crippen LogP contribution in [0.4, 0.5) is 0 Å². The number of ether oxygens (including phenoxy) is 2. The van der Waals surface area contributed by atoms with Gasteiger partial charge in [0.1, 0.15) is 6.61 Å². The molecule has 0 aromatic heterocycles. The third kappa shape index (κ3) is 8.56. The third-order valence-corrected chi connectivity index (χ3v) is 2.12. The van der Waals surface area contributed by atoms with Gasteiger partial charge >= 0.3 is 11.9 Å². The molecule has 102 valence electrons. The lowest BCUT2D eigenvalue weighted by molar-refractivity contribution is -0.166. The molecule has 0 amide bonds. The van der Waals surface area contributed by atoms with Gasteiger partial charge in [0.05, 0.1) is 0 Å². The highest BCUT2D eigenvalue weighted by Crippen LogP contribution is 2.10. The van der Waals surface area contributed by atoms with Gasteiger partial charge in [-0.25, -0.2) is 4.79 Å². The summed E-state index contributed by atoms with van der Waals surface area (Å²) in [7, 11) is 0. The van der Waals surface area contributed by atoms with Crippen LogP contribution in [0, 0.1) is 0 Å². The van der Waals surface area contributed by atoms with E-state index in [1.807, 2.05) is 20.8 Å². The maximum absolute atomic E-state index is 11.7. The summed E-state index contributed by atoms with van der Waals surface area (Å²) in [6, 6.07) is 0. The van der Waals surface area contributed by atoms with E-state index in [4.69, 9.17) is 9.47 Å². The number of hydrogen-bond acceptors (Lipinski definition) is 4. The molecule has 1 unspecified atom stereocenters. The zero-order valence-corrected chi connectivity index (χ0v) is 11.6. The van der Waals surface area contributed by atoms with Crippen molar-refractivity contribution in [3.8, 4) is 0 Å². The lowest BCUT2D eigenvalue weighted by Crippen LogP contribution is -2.28. The molecule has 0 fully saturated rings. The predicted octanol–water partition coefficient (Wildman–Crippen LogP) is 2.78. The molecule has 0 saturated heterocycles. The molecule has 0 aliphatic carbocycles. The fourth-order valence-electron chi connectivity index (χ4n) is 1.19. The predicted molar refractivity (Wildman–Crippen MR) is 70.0 cm³/mol. The van der Waals surface area contributed by atoms with Crippen molar-refractivity contribution in [2.24, 2.45) is 0 Å². The zero-order valence-electron chi connectivity index (χ0n) is 11.6. The van der Waals surface area contributed by atoms with Crippen LogP contribution in [-0.2, 0) is 19.1 Å². The first-order chi connectivity index (χ1) is 8.32. The minimum absolute atomic E-state index is 0.200. The fraction of sp³-hybridized carbons (Fsp3) is 0.571. The van der Waals surface area contributed by atoms with Crippen molar-refractivity contribution in [1.29, 1.82) is 0 Å². The summed E-state index contributed by atoms with van der Waals surface area (Å²) in [5.41, 5.74) is 2.00. The van der Waals surface area contributed by atoms with Gasteiger partial charge in [-0.15, -0.1) is 6.58 Å². The van der Waals surface area contributed by atoms with E-state index in [1.165, 1.54) is 6.92 Å². The van der Waals surface area contributed by atoms with Crippen LogP contribution in [0.2, 0.25) is 0 Å². The van der Waals surface area contributed by atoms with Crippen LogP contribution in [0.25, 0.3) is 0 Å². The standard InChI is InChI=1S/C14H22O4/c1-10(2)6-7-13(18-12(5)15)14(16)17-9-8-11(3)4/h8,13H,1,6-7,9H2,2-5H3. The number of rotatable bonds is 7. The van der Waals surface area contributed by atoms with Gasteiger partial charge < -0.3 is 9.47 Å². The number of hydrogen-bond donors (Lipinski definition) is 0. The van der Waals surface area contributed by atoms with E-state index in [0.717, 1.165) is 11.1 Å². The van der Waals surface area contributed by atoms with Crippen molar-refractivity contribution in [2.45, 2.75) is 46.6 Å². The molecular formula is C14H22O4.